The molecule has 1 saturated heterocycles. The predicted molar refractivity (Wildman–Crippen MR) is 67.8 cm³/mol. The van der Waals surface area contributed by atoms with Gasteiger partial charge in [0, 0.05) is 12.8 Å². The number of amides is 1. The van der Waals surface area contributed by atoms with Crippen molar-refractivity contribution in [2.45, 2.75) is 18.6 Å². The van der Waals surface area contributed by atoms with E-state index in [-0.39, 0.29) is 0 Å². The highest BCUT2D eigenvalue weighted by Gasteiger charge is 2.28. The SMILES string of the molecule is O=C1NCC(C(O)CCN=Cc2ccccc2)O1. The number of aliphatic hydroxyl groups is 1. The van der Waals surface area contributed by atoms with Crippen LogP contribution in [-0.2, 0) is 4.74 Å². The van der Waals surface area contributed by atoms with E-state index in [1.807, 2.05) is 30.3 Å². The lowest BCUT2D eigenvalue weighted by Gasteiger charge is -2.14. The predicted octanol–water partition coefficient (Wildman–Crippen LogP) is 0.965. The summed E-state index contributed by atoms with van der Waals surface area (Å²) in [5.74, 6) is 0. The van der Waals surface area contributed by atoms with Crippen LogP contribution in [0.5, 0.6) is 0 Å². The molecule has 0 radical (unpaired) electrons. The average molecular weight is 248 g/mol. The molecule has 1 fully saturated rings. The first-order valence-corrected chi connectivity index (χ1v) is 5.93. The van der Waals surface area contributed by atoms with Crippen LogP contribution in [0.4, 0.5) is 4.79 Å². The average Bonchev–Trinajstić information content (AvgIpc) is 2.82. The minimum Gasteiger partial charge on any atom is -0.442 e. The number of rotatable bonds is 5. The summed E-state index contributed by atoms with van der Waals surface area (Å²) in [6.07, 6.45) is 0.655. The van der Waals surface area contributed by atoms with E-state index < -0.39 is 18.3 Å². The molecule has 1 aliphatic rings. The zero-order valence-corrected chi connectivity index (χ0v) is 9.95. The van der Waals surface area contributed by atoms with E-state index in [0.717, 1.165) is 5.56 Å². The second kappa shape index (κ2) is 6.16. The summed E-state index contributed by atoms with van der Waals surface area (Å²) in [6, 6.07) is 9.76. The van der Waals surface area contributed by atoms with Crippen LogP contribution in [0.3, 0.4) is 0 Å². The Morgan fingerprint density at radius 1 is 1.50 bits per heavy atom. The number of carbonyl (C=O) groups excluding carboxylic acids is 1. The number of hydrogen-bond donors (Lipinski definition) is 2. The third kappa shape index (κ3) is 3.56. The third-order valence-electron chi connectivity index (χ3n) is 2.73. The summed E-state index contributed by atoms with van der Waals surface area (Å²) in [4.78, 5) is 15.0. The molecule has 0 spiro atoms. The van der Waals surface area contributed by atoms with E-state index in [1.54, 1.807) is 6.21 Å². The molecule has 2 rings (SSSR count). The first-order valence-electron chi connectivity index (χ1n) is 5.93. The molecule has 0 aromatic heterocycles. The van der Waals surface area contributed by atoms with E-state index in [9.17, 15) is 9.90 Å². The fourth-order valence-corrected chi connectivity index (χ4v) is 1.72. The van der Waals surface area contributed by atoms with E-state index >= 15 is 0 Å². The van der Waals surface area contributed by atoms with Crippen molar-refractivity contribution >= 4 is 12.3 Å². The summed E-state index contributed by atoms with van der Waals surface area (Å²) in [5.41, 5.74) is 1.03. The van der Waals surface area contributed by atoms with E-state index in [2.05, 4.69) is 10.3 Å². The summed E-state index contributed by atoms with van der Waals surface area (Å²) in [7, 11) is 0. The molecule has 2 unspecified atom stereocenters. The molecular weight excluding hydrogens is 232 g/mol. The van der Waals surface area contributed by atoms with E-state index in [4.69, 9.17) is 4.74 Å². The van der Waals surface area contributed by atoms with Gasteiger partial charge in [-0.1, -0.05) is 30.3 Å². The molecule has 1 aromatic carbocycles. The molecule has 2 N–H and O–H groups in total. The molecule has 0 saturated carbocycles. The van der Waals surface area contributed by atoms with Crippen molar-refractivity contribution in [3.63, 3.8) is 0 Å². The zero-order valence-electron chi connectivity index (χ0n) is 9.95. The van der Waals surface area contributed by atoms with Gasteiger partial charge in [-0.3, -0.25) is 4.99 Å². The standard InChI is InChI=1S/C13H16N2O3/c16-11(12-9-15-13(17)18-12)6-7-14-8-10-4-2-1-3-5-10/h1-5,8,11-12,16H,6-7,9H2,(H,15,17). The van der Waals surface area contributed by atoms with Crippen molar-refractivity contribution in [2.24, 2.45) is 4.99 Å². The number of aliphatic hydroxyl groups excluding tert-OH is 1. The third-order valence-corrected chi connectivity index (χ3v) is 2.73. The highest BCUT2D eigenvalue weighted by atomic mass is 16.6. The molecule has 2 atom stereocenters. The Hall–Kier alpha value is -1.88. The fraction of sp³-hybridized carbons (Fsp3) is 0.385. The normalized spacial score (nSPS) is 20.7. The summed E-state index contributed by atoms with van der Waals surface area (Å²) in [6.45, 7) is 0.868. The topological polar surface area (TPSA) is 70.9 Å². The number of carbonyl (C=O) groups is 1. The van der Waals surface area contributed by atoms with Crippen molar-refractivity contribution in [1.29, 1.82) is 0 Å². The van der Waals surface area contributed by atoms with Gasteiger partial charge in [-0.15, -0.1) is 0 Å². The highest BCUT2D eigenvalue weighted by Crippen LogP contribution is 2.08. The molecule has 1 heterocycles. The first-order chi connectivity index (χ1) is 8.75. The number of nitrogens with one attached hydrogen (secondary N) is 1. The van der Waals surface area contributed by atoms with Crippen LogP contribution in [0.1, 0.15) is 12.0 Å². The second-order valence-corrected chi connectivity index (χ2v) is 4.13. The van der Waals surface area contributed by atoms with Crippen molar-refractivity contribution in [2.75, 3.05) is 13.1 Å². The molecule has 1 aromatic rings. The van der Waals surface area contributed by atoms with Crippen molar-refractivity contribution < 1.29 is 14.6 Å². The monoisotopic (exact) mass is 248 g/mol. The van der Waals surface area contributed by atoms with Gasteiger partial charge in [0.2, 0.25) is 0 Å². The number of nitrogens with zero attached hydrogens (tertiary/aromatic N) is 1. The maximum absolute atomic E-state index is 10.8. The Kier molecular flexibility index (Phi) is 4.30. The van der Waals surface area contributed by atoms with Gasteiger partial charge in [-0.25, -0.2) is 4.79 Å². The molecule has 0 aliphatic carbocycles. The maximum atomic E-state index is 10.8. The molecule has 5 nitrogen and oxygen atoms in total. The van der Waals surface area contributed by atoms with Crippen LogP contribution in [-0.4, -0.2) is 42.7 Å². The lowest BCUT2D eigenvalue weighted by atomic mass is 10.1. The fourth-order valence-electron chi connectivity index (χ4n) is 1.72. The highest BCUT2D eigenvalue weighted by molar-refractivity contribution is 5.79. The largest absolute Gasteiger partial charge is 0.442 e. The van der Waals surface area contributed by atoms with Crippen molar-refractivity contribution in [3.05, 3.63) is 35.9 Å². The quantitative estimate of drug-likeness (QED) is 0.763. The van der Waals surface area contributed by atoms with Gasteiger partial charge < -0.3 is 15.2 Å². The Bertz CT molecular complexity index is 420. The van der Waals surface area contributed by atoms with Crippen LogP contribution in [0.2, 0.25) is 0 Å². The number of benzene rings is 1. The minimum atomic E-state index is -0.670. The van der Waals surface area contributed by atoms with Crippen LogP contribution in [0, 0.1) is 0 Å². The number of ether oxygens (including phenoxy) is 1. The number of aliphatic imine (C=N–C) groups is 1. The first kappa shape index (κ1) is 12.6. The van der Waals surface area contributed by atoms with Gasteiger partial charge in [0.05, 0.1) is 12.6 Å². The summed E-state index contributed by atoms with van der Waals surface area (Å²) >= 11 is 0. The molecule has 1 amide bonds. The second-order valence-electron chi connectivity index (χ2n) is 4.13. The van der Waals surface area contributed by atoms with Crippen molar-refractivity contribution in [3.8, 4) is 0 Å². The molecule has 0 bridgehead atoms. The summed E-state index contributed by atoms with van der Waals surface area (Å²) in [5, 5.41) is 12.3. The van der Waals surface area contributed by atoms with E-state index in [0.29, 0.717) is 19.5 Å². The molecule has 1 aliphatic heterocycles. The van der Waals surface area contributed by atoms with Gasteiger partial charge in [-0.2, -0.15) is 0 Å². The molecule has 18 heavy (non-hydrogen) atoms. The Morgan fingerprint density at radius 2 is 2.28 bits per heavy atom. The van der Waals surface area contributed by atoms with Gasteiger partial charge in [0.15, 0.2) is 0 Å². The Labute approximate surface area is 105 Å². The van der Waals surface area contributed by atoms with Crippen LogP contribution >= 0.6 is 0 Å². The molecule has 96 valence electrons. The van der Waals surface area contributed by atoms with Crippen molar-refractivity contribution in [1.82, 2.24) is 5.32 Å². The van der Waals surface area contributed by atoms with Crippen LogP contribution < -0.4 is 5.32 Å². The lowest BCUT2D eigenvalue weighted by Crippen LogP contribution is -2.29. The number of alkyl carbamates (subject to hydrolysis) is 1. The van der Waals surface area contributed by atoms with Gasteiger partial charge in [0.25, 0.3) is 0 Å². The number of hydrogen-bond acceptors (Lipinski definition) is 4. The van der Waals surface area contributed by atoms with E-state index in [1.165, 1.54) is 0 Å². The molecule has 5 heteroatoms. The zero-order chi connectivity index (χ0) is 12.8. The van der Waals surface area contributed by atoms with Gasteiger partial charge in [0.1, 0.15) is 6.10 Å². The Morgan fingerprint density at radius 3 is 2.94 bits per heavy atom. The van der Waals surface area contributed by atoms with Crippen LogP contribution in [0.15, 0.2) is 35.3 Å². The van der Waals surface area contributed by atoms with Crippen LogP contribution in [0.25, 0.3) is 0 Å². The lowest BCUT2D eigenvalue weighted by molar-refractivity contribution is 0.0295. The molecular formula is C13H16N2O3. The minimum absolute atomic E-state index is 0.363. The number of cyclic esters (lactones) is 1. The van der Waals surface area contributed by atoms with Gasteiger partial charge >= 0.3 is 6.09 Å². The van der Waals surface area contributed by atoms with Gasteiger partial charge in [-0.05, 0) is 12.0 Å². The Balaban J connectivity index is 1.72. The summed E-state index contributed by atoms with van der Waals surface area (Å²) < 4.78 is 4.89. The smallest absolute Gasteiger partial charge is 0.407 e. The maximum Gasteiger partial charge on any atom is 0.407 e.